The van der Waals surface area contributed by atoms with E-state index in [1.54, 1.807) is 7.11 Å². The fourth-order valence-electron chi connectivity index (χ4n) is 3.20. The molecule has 7 heteroatoms. The molecule has 0 aliphatic carbocycles. The van der Waals surface area contributed by atoms with E-state index in [9.17, 15) is 0 Å². The van der Waals surface area contributed by atoms with Crippen molar-refractivity contribution in [1.29, 1.82) is 0 Å². The summed E-state index contributed by atoms with van der Waals surface area (Å²) in [5.74, 6) is 2.70. The fourth-order valence-corrected chi connectivity index (χ4v) is 3.20. The Balaban J connectivity index is 1.64. The van der Waals surface area contributed by atoms with Crippen molar-refractivity contribution in [2.45, 2.75) is 33.4 Å². The molecule has 1 atom stereocenters. The van der Waals surface area contributed by atoms with E-state index in [2.05, 4.69) is 40.7 Å². The largest absolute Gasteiger partial charge is 0.493 e. The van der Waals surface area contributed by atoms with Crippen LogP contribution in [-0.2, 0) is 17.8 Å². The number of pyridine rings is 1. The summed E-state index contributed by atoms with van der Waals surface area (Å²) in [5.41, 5.74) is 3.13. The van der Waals surface area contributed by atoms with E-state index >= 15 is 0 Å². The first-order valence-corrected chi connectivity index (χ1v) is 10.5. The van der Waals surface area contributed by atoms with E-state index in [1.165, 1.54) is 5.56 Å². The number of nitrogens with one attached hydrogen (secondary N) is 2. The third-order valence-electron chi connectivity index (χ3n) is 4.90. The second kappa shape index (κ2) is 11.4. The van der Waals surface area contributed by atoms with Crippen molar-refractivity contribution in [1.82, 2.24) is 15.6 Å². The molecule has 3 rings (SSSR count). The van der Waals surface area contributed by atoms with Gasteiger partial charge >= 0.3 is 0 Å². The Labute approximate surface area is 178 Å². The van der Waals surface area contributed by atoms with Gasteiger partial charge in [-0.2, -0.15) is 0 Å². The van der Waals surface area contributed by atoms with Crippen LogP contribution in [0.3, 0.4) is 0 Å². The zero-order valence-electron chi connectivity index (χ0n) is 18.1. The first-order valence-electron chi connectivity index (χ1n) is 10.5. The molecule has 1 saturated heterocycles. The minimum atomic E-state index is 0.469. The van der Waals surface area contributed by atoms with Crippen molar-refractivity contribution >= 4 is 5.96 Å². The molecule has 1 aromatic carbocycles. The molecule has 30 heavy (non-hydrogen) atoms. The van der Waals surface area contributed by atoms with Crippen LogP contribution in [0.5, 0.6) is 11.6 Å². The van der Waals surface area contributed by atoms with Crippen LogP contribution >= 0.6 is 0 Å². The number of benzene rings is 1. The van der Waals surface area contributed by atoms with Crippen molar-refractivity contribution in [3.05, 3.63) is 53.2 Å². The number of nitrogens with zero attached hydrogens (tertiary/aromatic N) is 2. The number of methoxy groups -OCH3 is 1. The molecule has 1 unspecified atom stereocenters. The van der Waals surface area contributed by atoms with Gasteiger partial charge in [0.1, 0.15) is 5.75 Å². The minimum Gasteiger partial charge on any atom is -0.493 e. The predicted molar refractivity (Wildman–Crippen MR) is 118 cm³/mol. The number of ether oxygens (including phenoxy) is 3. The highest BCUT2D eigenvalue weighted by molar-refractivity contribution is 5.79. The zero-order valence-corrected chi connectivity index (χ0v) is 18.1. The first-order chi connectivity index (χ1) is 14.7. The SMILES string of the molecule is CCNC(=NCc1ccc(C)cc1OCC1CCOC1)NCc1cccc(OC)n1. The molecule has 162 valence electrons. The molecule has 0 saturated carbocycles. The molecule has 1 fully saturated rings. The lowest BCUT2D eigenvalue weighted by molar-refractivity contribution is 0.166. The number of rotatable bonds is 9. The lowest BCUT2D eigenvalue weighted by atomic mass is 10.1. The first kappa shape index (κ1) is 21.9. The average Bonchev–Trinajstić information content (AvgIpc) is 3.29. The van der Waals surface area contributed by atoms with Crippen LogP contribution in [0, 0.1) is 12.8 Å². The van der Waals surface area contributed by atoms with Gasteiger partial charge in [-0.15, -0.1) is 0 Å². The number of aryl methyl sites for hydroxylation is 1. The summed E-state index contributed by atoms with van der Waals surface area (Å²) >= 11 is 0. The van der Waals surface area contributed by atoms with Crippen molar-refractivity contribution in [2.75, 3.05) is 33.5 Å². The third kappa shape index (κ3) is 6.62. The van der Waals surface area contributed by atoms with Crippen molar-refractivity contribution in [3.63, 3.8) is 0 Å². The second-order valence-electron chi connectivity index (χ2n) is 7.37. The van der Waals surface area contributed by atoms with Crippen molar-refractivity contribution in [2.24, 2.45) is 10.9 Å². The van der Waals surface area contributed by atoms with Gasteiger partial charge in [-0.25, -0.2) is 9.98 Å². The second-order valence-corrected chi connectivity index (χ2v) is 7.37. The molecule has 2 aromatic rings. The monoisotopic (exact) mass is 412 g/mol. The molecule has 1 aromatic heterocycles. The predicted octanol–water partition coefficient (Wildman–Crippen LogP) is 3.07. The van der Waals surface area contributed by atoms with Crippen LogP contribution in [0.2, 0.25) is 0 Å². The third-order valence-corrected chi connectivity index (χ3v) is 4.90. The van der Waals surface area contributed by atoms with Crippen LogP contribution < -0.4 is 20.1 Å². The molecule has 0 spiro atoms. The van der Waals surface area contributed by atoms with Gasteiger partial charge in [-0.1, -0.05) is 18.2 Å². The number of hydrogen-bond donors (Lipinski definition) is 2. The topological polar surface area (TPSA) is 77.0 Å². The smallest absolute Gasteiger partial charge is 0.213 e. The molecular weight excluding hydrogens is 380 g/mol. The van der Waals surface area contributed by atoms with E-state index in [0.717, 1.165) is 49.1 Å². The molecule has 2 N–H and O–H groups in total. The van der Waals surface area contributed by atoms with Crippen molar-refractivity contribution in [3.8, 4) is 11.6 Å². The van der Waals surface area contributed by atoms with Crippen LogP contribution in [0.15, 0.2) is 41.4 Å². The van der Waals surface area contributed by atoms with Crippen LogP contribution in [0.25, 0.3) is 0 Å². The molecule has 1 aliphatic rings. The molecule has 2 heterocycles. The van der Waals surface area contributed by atoms with Crippen LogP contribution in [0.4, 0.5) is 0 Å². The quantitative estimate of drug-likeness (QED) is 0.487. The Hall–Kier alpha value is -2.80. The molecule has 0 radical (unpaired) electrons. The lowest BCUT2D eigenvalue weighted by Crippen LogP contribution is -2.37. The zero-order chi connectivity index (χ0) is 21.2. The summed E-state index contributed by atoms with van der Waals surface area (Å²) in [7, 11) is 1.62. The van der Waals surface area contributed by atoms with Gasteiger partial charge in [-0.05, 0) is 38.0 Å². The highest BCUT2D eigenvalue weighted by Crippen LogP contribution is 2.23. The minimum absolute atomic E-state index is 0.469. The van der Waals surface area contributed by atoms with E-state index < -0.39 is 0 Å². The Bertz CT molecular complexity index is 835. The Morgan fingerprint density at radius 1 is 1.27 bits per heavy atom. The standard InChI is InChI=1S/C23H32N4O3/c1-4-24-23(26-14-20-6-5-7-22(27-20)28-3)25-13-19-9-8-17(2)12-21(19)30-16-18-10-11-29-15-18/h5-9,12,18H,4,10-11,13-16H2,1-3H3,(H2,24,25,26). The van der Waals surface area contributed by atoms with Crippen molar-refractivity contribution < 1.29 is 14.2 Å². The highest BCUT2D eigenvalue weighted by atomic mass is 16.5. The van der Waals surface area contributed by atoms with Gasteiger partial charge in [0.05, 0.1) is 39.1 Å². The number of aromatic nitrogens is 1. The average molecular weight is 413 g/mol. The Morgan fingerprint density at radius 3 is 2.93 bits per heavy atom. The Kier molecular flexibility index (Phi) is 8.32. The Morgan fingerprint density at radius 2 is 2.17 bits per heavy atom. The number of aliphatic imine (C=N–C) groups is 1. The van der Waals surface area contributed by atoms with Gasteiger partial charge in [0.25, 0.3) is 0 Å². The molecule has 1 aliphatic heterocycles. The summed E-state index contributed by atoms with van der Waals surface area (Å²) in [5, 5.41) is 6.61. The van der Waals surface area contributed by atoms with E-state index in [4.69, 9.17) is 19.2 Å². The van der Waals surface area contributed by atoms with Gasteiger partial charge in [0.15, 0.2) is 5.96 Å². The summed E-state index contributed by atoms with van der Waals surface area (Å²) in [6, 6.07) is 12.0. The van der Waals surface area contributed by atoms with E-state index in [1.807, 2.05) is 25.1 Å². The maximum atomic E-state index is 6.14. The maximum Gasteiger partial charge on any atom is 0.213 e. The normalized spacial score (nSPS) is 16.4. The number of hydrogen-bond acceptors (Lipinski definition) is 5. The summed E-state index contributed by atoms with van der Waals surface area (Å²) < 4.78 is 16.8. The molecule has 7 nitrogen and oxygen atoms in total. The van der Waals surface area contributed by atoms with Crippen LogP contribution in [-0.4, -0.2) is 44.4 Å². The van der Waals surface area contributed by atoms with E-state index in [0.29, 0.717) is 31.5 Å². The molecule has 0 bridgehead atoms. The highest BCUT2D eigenvalue weighted by Gasteiger charge is 2.17. The summed E-state index contributed by atoms with van der Waals surface area (Å²) in [6.45, 7) is 8.28. The maximum absolute atomic E-state index is 6.14. The van der Waals surface area contributed by atoms with E-state index in [-0.39, 0.29) is 0 Å². The summed E-state index contributed by atoms with van der Waals surface area (Å²) in [6.07, 6.45) is 1.06. The molecule has 0 amide bonds. The number of guanidine groups is 1. The van der Waals surface area contributed by atoms with Crippen LogP contribution in [0.1, 0.15) is 30.2 Å². The van der Waals surface area contributed by atoms with Gasteiger partial charge in [0, 0.05) is 30.7 Å². The summed E-state index contributed by atoms with van der Waals surface area (Å²) in [4.78, 5) is 9.17. The van der Waals surface area contributed by atoms with Gasteiger partial charge in [0.2, 0.25) is 5.88 Å². The van der Waals surface area contributed by atoms with Gasteiger partial charge < -0.3 is 24.8 Å². The molecular formula is C23H32N4O3. The fraction of sp³-hybridized carbons (Fsp3) is 0.478. The lowest BCUT2D eigenvalue weighted by Gasteiger charge is -2.15. The van der Waals surface area contributed by atoms with Gasteiger partial charge in [-0.3, -0.25) is 0 Å².